The van der Waals surface area contributed by atoms with Gasteiger partial charge in [-0.25, -0.2) is 0 Å². The van der Waals surface area contributed by atoms with Gasteiger partial charge < -0.3 is 15.0 Å². The highest BCUT2D eigenvalue weighted by atomic mass is 16.5. The number of nitrogens with one attached hydrogen (secondary N) is 1. The average Bonchev–Trinajstić information content (AvgIpc) is 2.49. The third-order valence-electron chi connectivity index (χ3n) is 3.70. The van der Waals surface area contributed by atoms with E-state index in [1.807, 2.05) is 7.05 Å². The number of morpholine rings is 1. The van der Waals surface area contributed by atoms with Crippen molar-refractivity contribution >= 4 is 5.91 Å². The fourth-order valence-corrected chi connectivity index (χ4v) is 2.36. The molecule has 1 amide bonds. The summed E-state index contributed by atoms with van der Waals surface area (Å²) in [5.74, 6) is 0.160. The van der Waals surface area contributed by atoms with Gasteiger partial charge in [0.2, 0.25) is 5.91 Å². The van der Waals surface area contributed by atoms with Crippen molar-refractivity contribution in [2.75, 3.05) is 26.8 Å². The Bertz CT molecular complexity index is 425. The lowest BCUT2D eigenvalue weighted by Crippen LogP contribution is -2.44. The van der Waals surface area contributed by atoms with Crippen LogP contribution in [0.25, 0.3) is 0 Å². The van der Waals surface area contributed by atoms with Gasteiger partial charge in [0.25, 0.3) is 0 Å². The molecule has 1 aliphatic rings. The highest BCUT2D eigenvalue weighted by Gasteiger charge is 2.19. The fraction of sp³-hybridized carbons (Fsp3) is 0.562. The number of hydrogen-bond acceptors (Lipinski definition) is 3. The summed E-state index contributed by atoms with van der Waals surface area (Å²) in [6, 6.07) is 8.62. The lowest BCUT2D eigenvalue weighted by molar-refractivity contribution is -0.131. The first kappa shape index (κ1) is 15.0. The van der Waals surface area contributed by atoms with Crippen molar-refractivity contribution in [1.29, 1.82) is 0 Å². The maximum Gasteiger partial charge on any atom is 0.224 e. The predicted octanol–water partition coefficient (Wildman–Crippen LogP) is 1.59. The Morgan fingerprint density at radius 1 is 1.35 bits per heavy atom. The van der Waals surface area contributed by atoms with E-state index in [0.29, 0.717) is 19.6 Å². The average molecular weight is 276 g/mol. The molecule has 0 aliphatic carbocycles. The van der Waals surface area contributed by atoms with Crippen LogP contribution in [-0.4, -0.2) is 43.7 Å². The van der Waals surface area contributed by atoms with E-state index in [-0.39, 0.29) is 11.9 Å². The fourth-order valence-electron chi connectivity index (χ4n) is 2.36. The number of ether oxygens (including phenoxy) is 1. The van der Waals surface area contributed by atoms with Crippen molar-refractivity contribution in [3.63, 3.8) is 0 Å². The maximum absolute atomic E-state index is 12.2. The Hall–Kier alpha value is -1.39. The molecule has 1 N–H and O–H groups in total. The minimum atomic E-state index is 0.154. The van der Waals surface area contributed by atoms with E-state index in [1.54, 1.807) is 4.90 Å². The van der Waals surface area contributed by atoms with E-state index in [1.165, 1.54) is 11.1 Å². The Labute approximate surface area is 121 Å². The molecule has 1 saturated heterocycles. The highest BCUT2D eigenvalue weighted by Crippen LogP contribution is 2.09. The van der Waals surface area contributed by atoms with Gasteiger partial charge in [0.1, 0.15) is 0 Å². The molecule has 0 bridgehead atoms. The highest BCUT2D eigenvalue weighted by molar-refractivity contribution is 5.76. The van der Waals surface area contributed by atoms with Gasteiger partial charge in [0.05, 0.1) is 13.2 Å². The van der Waals surface area contributed by atoms with Gasteiger partial charge in [0.15, 0.2) is 0 Å². The molecule has 1 atom stereocenters. The third kappa shape index (κ3) is 4.32. The van der Waals surface area contributed by atoms with Crippen LogP contribution >= 0.6 is 0 Å². The van der Waals surface area contributed by atoms with Crippen LogP contribution in [0.2, 0.25) is 0 Å². The molecule has 20 heavy (non-hydrogen) atoms. The van der Waals surface area contributed by atoms with E-state index in [9.17, 15) is 4.79 Å². The second kappa shape index (κ2) is 7.41. The van der Waals surface area contributed by atoms with Crippen LogP contribution in [0.1, 0.15) is 24.5 Å². The molecule has 4 heteroatoms. The molecule has 1 aromatic rings. The normalized spacial score (nSPS) is 18.8. The maximum atomic E-state index is 12.2. The molecular formula is C16H24N2O2. The number of carbonyl (C=O) groups is 1. The van der Waals surface area contributed by atoms with Crippen LogP contribution in [-0.2, 0) is 22.5 Å². The standard InChI is InChI=1S/C16H24N2O2/c1-3-13-4-6-14(7-5-13)11-18(2)16(19)10-15-12-20-9-8-17-15/h4-7,15,17H,3,8-12H2,1-2H3. The predicted molar refractivity (Wildman–Crippen MR) is 79.5 cm³/mol. The van der Waals surface area contributed by atoms with Crippen LogP contribution < -0.4 is 5.32 Å². The number of rotatable bonds is 5. The summed E-state index contributed by atoms with van der Waals surface area (Å²) in [5.41, 5.74) is 2.50. The van der Waals surface area contributed by atoms with Crippen LogP contribution in [0.5, 0.6) is 0 Å². The second-order valence-electron chi connectivity index (χ2n) is 5.35. The minimum Gasteiger partial charge on any atom is -0.378 e. The molecule has 0 saturated carbocycles. The van der Waals surface area contributed by atoms with Gasteiger partial charge >= 0.3 is 0 Å². The smallest absolute Gasteiger partial charge is 0.224 e. The quantitative estimate of drug-likeness (QED) is 0.888. The summed E-state index contributed by atoms with van der Waals surface area (Å²) in [4.78, 5) is 14.0. The van der Waals surface area contributed by atoms with E-state index in [0.717, 1.165) is 19.6 Å². The van der Waals surface area contributed by atoms with E-state index >= 15 is 0 Å². The number of carbonyl (C=O) groups excluding carboxylic acids is 1. The lowest BCUT2D eigenvalue weighted by Gasteiger charge is -2.25. The van der Waals surface area contributed by atoms with Crippen LogP contribution in [0.15, 0.2) is 24.3 Å². The molecule has 0 aromatic heterocycles. The van der Waals surface area contributed by atoms with Gasteiger partial charge in [-0.1, -0.05) is 31.2 Å². The van der Waals surface area contributed by atoms with Crippen LogP contribution in [0.4, 0.5) is 0 Å². The molecule has 4 nitrogen and oxygen atoms in total. The summed E-state index contributed by atoms with van der Waals surface area (Å²) in [6.07, 6.45) is 1.55. The van der Waals surface area contributed by atoms with Crippen molar-refractivity contribution < 1.29 is 9.53 Å². The summed E-state index contributed by atoms with van der Waals surface area (Å²) in [7, 11) is 1.86. The number of benzene rings is 1. The molecule has 110 valence electrons. The van der Waals surface area contributed by atoms with Gasteiger partial charge in [-0.2, -0.15) is 0 Å². The SMILES string of the molecule is CCc1ccc(CN(C)C(=O)CC2COCCN2)cc1. The largest absolute Gasteiger partial charge is 0.378 e. The lowest BCUT2D eigenvalue weighted by atomic mass is 10.1. The first-order chi connectivity index (χ1) is 9.69. The zero-order valence-electron chi connectivity index (χ0n) is 12.4. The molecule has 1 heterocycles. The number of aryl methyl sites for hydroxylation is 1. The first-order valence-electron chi connectivity index (χ1n) is 7.32. The van der Waals surface area contributed by atoms with E-state index in [4.69, 9.17) is 4.74 Å². The van der Waals surface area contributed by atoms with Crippen LogP contribution in [0.3, 0.4) is 0 Å². The number of nitrogens with zero attached hydrogens (tertiary/aromatic N) is 1. The molecule has 1 aromatic carbocycles. The molecule has 0 radical (unpaired) electrons. The minimum absolute atomic E-state index is 0.154. The molecule has 1 unspecified atom stereocenters. The third-order valence-corrected chi connectivity index (χ3v) is 3.70. The van der Waals surface area contributed by atoms with E-state index in [2.05, 4.69) is 36.5 Å². The summed E-state index contributed by atoms with van der Waals surface area (Å²) < 4.78 is 5.37. The Kier molecular flexibility index (Phi) is 5.56. The molecule has 1 fully saturated rings. The molecule has 0 spiro atoms. The van der Waals surface area contributed by atoms with E-state index < -0.39 is 0 Å². The van der Waals surface area contributed by atoms with Crippen molar-refractivity contribution in [2.24, 2.45) is 0 Å². The summed E-state index contributed by atoms with van der Waals surface area (Å²) in [6.45, 7) is 5.01. The van der Waals surface area contributed by atoms with Crippen LogP contribution in [0, 0.1) is 0 Å². The topological polar surface area (TPSA) is 41.6 Å². The number of hydrogen-bond donors (Lipinski definition) is 1. The summed E-state index contributed by atoms with van der Waals surface area (Å²) >= 11 is 0. The van der Waals surface area contributed by atoms with Crippen molar-refractivity contribution in [3.05, 3.63) is 35.4 Å². The Balaban J connectivity index is 1.83. The molecule has 2 rings (SSSR count). The number of amides is 1. The molecule has 1 aliphatic heterocycles. The molecular weight excluding hydrogens is 252 g/mol. The second-order valence-corrected chi connectivity index (χ2v) is 5.35. The zero-order chi connectivity index (χ0) is 14.4. The van der Waals surface area contributed by atoms with Gasteiger partial charge in [-0.15, -0.1) is 0 Å². The Morgan fingerprint density at radius 3 is 2.65 bits per heavy atom. The monoisotopic (exact) mass is 276 g/mol. The van der Waals surface area contributed by atoms with Crippen molar-refractivity contribution in [2.45, 2.75) is 32.4 Å². The van der Waals surface area contributed by atoms with Gasteiger partial charge in [-0.05, 0) is 17.5 Å². The van der Waals surface area contributed by atoms with Gasteiger partial charge in [0, 0.05) is 32.6 Å². The first-order valence-corrected chi connectivity index (χ1v) is 7.32. The van der Waals surface area contributed by atoms with Crippen molar-refractivity contribution in [1.82, 2.24) is 10.2 Å². The zero-order valence-corrected chi connectivity index (χ0v) is 12.4. The van der Waals surface area contributed by atoms with Crippen molar-refractivity contribution in [3.8, 4) is 0 Å². The summed E-state index contributed by atoms with van der Waals surface area (Å²) in [5, 5.41) is 3.31. The van der Waals surface area contributed by atoms with Gasteiger partial charge in [-0.3, -0.25) is 4.79 Å². The Morgan fingerprint density at radius 2 is 2.05 bits per heavy atom.